The second-order valence-corrected chi connectivity index (χ2v) is 6.38. The minimum Gasteiger partial charge on any atom is -0.295 e. The van der Waals surface area contributed by atoms with Crippen molar-refractivity contribution in [2.75, 3.05) is 6.54 Å². The highest BCUT2D eigenvalue weighted by molar-refractivity contribution is 7.13. The highest BCUT2D eigenvalue weighted by Crippen LogP contribution is 2.35. The number of thiophene rings is 1. The molecule has 0 atom stereocenters. The first kappa shape index (κ1) is 12.1. The van der Waals surface area contributed by atoms with E-state index < -0.39 is 0 Å². The number of rotatable bonds is 2. The second-order valence-electron chi connectivity index (χ2n) is 5.43. The maximum atomic E-state index is 2.51. The van der Waals surface area contributed by atoms with Crippen molar-refractivity contribution in [3.05, 3.63) is 59.0 Å². The van der Waals surface area contributed by atoms with Gasteiger partial charge in [0.1, 0.15) is 0 Å². The molecule has 0 amide bonds. The molecule has 1 aromatic heterocycles. The standard InChI is InChI=1S/C18H17NS/c1-2-19-11-14-6-3-5-13-9-15(17-7-4-8-20-17)10-16(12-19)18(13)14/h3-10H,2,11-12H2,1H3. The van der Waals surface area contributed by atoms with Crippen molar-refractivity contribution < 1.29 is 0 Å². The Hall–Kier alpha value is -1.64. The zero-order valence-electron chi connectivity index (χ0n) is 11.6. The van der Waals surface area contributed by atoms with Crippen molar-refractivity contribution in [2.45, 2.75) is 20.0 Å². The largest absolute Gasteiger partial charge is 0.295 e. The van der Waals surface area contributed by atoms with Crippen LogP contribution in [0.4, 0.5) is 0 Å². The van der Waals surface area contributed by atoms with Crippen LogP contribution in [0, 0.1) is 0 Å². The summed E-state index contributed by atoms with van der Waals surface area (Å²) in [6.45, 7) is 5.51. The van der Waals surface area contributed by atoms with Gasteiger partial charge in [-0.05, 0) is 57.6 Å². The SMILES string of the molecule is CCN1Cc2cccc3cc(-c4cccs4)cc(c23)C1. The summed E-state index contributed by atoms with van der Waals surface area (Å²) in [5.41, 5.74) is 4.32. The van der Waals surface area contributed by atoms with E-state index in [1.54, 1.807) is 0 Å². The molecular weight excluding hydrogens is 262 g/mol. The molecule has 0 spiro atoms. The Balaban J connectivity index is 1.96. The predicted molar refractivity (Wildman–Crippen MR) is 87.0 cm³/mol. The van der Waals surface area contributed by atoms with Crippen LogP contribution in [-0.2, 0) is 13.1 Å². The molecular formula is C18H17NS. The summed E-state index contributed by atoms with van der Waals surface area (Å²) < 4.78 is 0. The molecule has 2 aromatic carbocycles. The second kappa shape index (κ2) is 4.72. The van der Waals surface area contributed by atoms with Crippen LogP contribution in [0.1, 0.15) is 18.1 Å². The Bertz CT molecular complexity index is 758. The van der Waals surface area contributed by atoms with E-state index in [-0.39, 0.29) is 0 Å². The Kier molecular flexibility index (Phi) is 2.86. The summed E-state index contributed by atoms with van der Waals surface area (Å²) in [6.07, 6.45) is 0. The van der Waals surface area contributed by atoms with Crippen LogP contribution >= 0.6 is 11.3 Å². The lowest BCUT2D eigenvalue weighted by molar-refractivity contribution is 0.267. The Labute approximate surface area is 123 Å². The third kappa shape index (κ3) is 1.88. The van der Waals surface area contributed by atoms with E-state index >= 15 is 0 Å². The first-order valence-electron chi connectivity index (χ1n) is 7.16. The van der Waals surface area contributed by atoms with Crippen LogP contribution in [0.25, 0.3) is 21.2 Å². The van der Waals surface area contributed by atoms with Crippen LogP contribution < -0.4 is 0 Å². The first-order chi connectivity index (χ1) is 9.85. The molecule has 1 nitrogen and oxygen atoms in total. The normalized spacial score (nSPS) is 14.8. The van der Waals surface area contributed by atoms with Gasteiger partial charge in [-0.2, -0.15) is 0 Å². The summed E-state index contributed by atoms with van der Waals surface area (Å²) in [5.74, 6) is 0. The molecule has 4 rings (SSSR count). The van der Waals surface area contributed by atoms with Crippen LogP contribution in [0.15, 0.2) is 47.8 Å². The molecule has 20 heavy (non-hydrogen) atoms. The molecule has 0 saturated carbocycles. The highest BCUT2D eigenvalue weighted by Gasteiger charge is 2.18. The molecule has 100 valence electrons. The van der Waals surface area contributed by atoms with Gasteiger partial charge in [-0.1, -0.05) is 31.2 Å². The summed E-state index contributed by atoms with van der Waals surface area (Å²) in [7, 11) is 0. The van der Waals surface area contributed by atoms with Gasteiger partial charge in [0.25, 0.3) is 0 Å². The number of hydrogen-bond donors (Lipinski definition) is 0. The lowest BCUT2D eigenvalue weighted by Crippen LogP contribution is -2.26. The topological polar surface area (TPSA) is 3.24 Å². The van der Waals surface area contributed by atoms with Crippen molar-refractivity contribution in [3.63, 3.8) is 0 Å². The molecule has 0 radical (unpaired) electrons. The van der Waals surface area contributed by atoms with Crippen molar-refractivity contribution in [1.82, 2.24) is 4.90 Å². The van der Waals surface area contributed by atoms with Gasteiger partial charge in [-0.3, -0.25) is 4.90 Å². The molecule has 0 fully saturated rings. The van der Waals surface area contributed by atoms with E-state index in [2.05, 4.69) is 59.7 Å². The summed E-state index contributed by atoms with van der Waals surface area (Å²) in [5, 5.41) is 5.02. The lowest BCUT2D eigenvalue weighted by atomic mass is 9.93. The zero-order chi connectivity index (χ0) is 13.5. The van der Waals surface area contributed by atoms with E-state index in [1.807, 2.05) is 11.3 Å². The molecule has 3 aromatic rings. The molecule has 0 saturated heterocycles. The van der Waals surface area contributed by atoms with Gasteiger partial charge in [0.2, 0.25) is 0 Å². The first-order valence-corrected chi connectivity index (χ1v) is 8.04. The number of hydrogen-bond acceptors (Lipinski definition) is 2. The highest BCUT2D eigenvalue weighted by atomic mass is 32.1. The minimum atomic E-state index is 1.07. The molecule has 0 bridgehead atoms. The van der Waals surface area contributed by atoms with Crippen LogP contribution in [0.5, 0.6) is 0 Å². The maximum absolute atomic E-state index is 2.51. The molecule has 1 aliphatic rings. The van der Waals surface area contributed by atoms with Gasteiger partial charge in [-0.25, -0.2) is 0 Å². The smallest absolute Gasteiger partial charge is 0.0343 e. The fourth-order valence-corrected chi connectivity index (χ4v) is 3.92. The number of benzene rings is 2. The van der Waals surface area contributed by atoms with Gasteiger partial charge >= 0.3 is 0 Å². The van der Waals surface area contributed by atoms with Gasteiger partial charge in [0, 0.05) is 18.0 Å². The van der Waals surface area contributed by atoms with Gasteiger partial charge in [-0.15, -0.1) is 11.3 Å². The van der Waals surface area contributed by atoms with Crippen LogP contribution in [0.3, 0.4) is 0 Å². The molecule has 0 aliphatic carbocycles. The van der Waals surface area contributed by atoms with E-state index in [9.17, 15) is 0 Å². The minimum absolute atomic E-state index is 1.07. The Morgan fingerprint density at radius 3 is 2.75 bits per heavy atom. The quantitative estimate of drug-likeness (QED) is 0.644. The van der Waals surface area contributed by atoms with Crippen molar-refractivity contribution >= 4 is 22.1 Å². The van der Waals surface area contributed by atoms with E-state index in [0.717, 1.165) is 19.6 Å². The van der Waals surface area contributed by atoms with Crippen LogP contribution in [0.2, 0.25) is 0 Å². The van der Waals surface area contributed by atoms with Crippen LogP contribution in [-0.4, -0.2) is 11.4 Å². The zero-order valence-corrected chi connectivity index (χ0v) is 12.4. The molecule has 1 aliphatic heterocycles. The third-order valence-corrected chi connectivity index (χ3v) is 5.10. The average Bonchev–Trinajstić information content (AvgIpc) is 3.01. The van der Waals surface area contributed by atoms with E-state index in [0.29, 0.717) is 0 Å². The van der Waals surface area contributed by atoms with E-state index in [1.165, 1.54) is 32.3 Å². The third-order valence-electron chi connectivity index (χ3n) is 4.19. The summed E-state index contributed by atoms with van der Waals surface area (Å²) in [4.78, 5) is 3.87. The summed E-state index contributed by atoms with van der Waals surface area (Å²) >= 11 is 1.82. The molecule has 0 unspecified atom stereocenters. The summed E-state index contributed by atoms with van der Waals surface area (Å²) in [6, 6.07) is 15.8. The fourth-order valence-electron chi connectivity index (χ4n) is 3.20. The lowest BCUT2D eigenvalue weighted by Gasteiger charge is -2.28. The molecule has 0 N–H and O–H groups in total. The maximum Gasteiger partial charge on any atom is 0.0343 e. The van der Waals surface area contributed by atoms with Gasteiger partial charge in [0.15, 0.2) is 0 Å². The molecule has 2 heterocycles. The van der Waals surface area contributed by atoms with Crippen molar-refractivity contribution in [2.24, 2.45) is 0 Å². The Morgan fingerprint density at radius 2 is 1.95 bits per heavy atom. The van der Waals surface area contributed by atoms with Crippen molar-refractivity contribution in [1.29, 1.82) is 0 Å². The monoisotopic (exact) mass is 279 g/mol. The fraction of sp³-hybridized carbons (Fsp3) is 0.222. The average molecular weight is 279 g/mol. The molecule has 2 heteroatoms. The Morgan fingerprint density at radius 1 is 1.05 bits per heavy atom. The van der Waals surface area contributed by atoms with Gasteiger partial charge < -0.3 is 0 Å². The van der Waals surface area contributed by atoms with Crippen molar-refractivity contribution in [3.8, 4) is 10.4 Å². The van der Waals surface area contributed by atoms with E-state index in [4.69, 9.17) is 0 Å². The number of nitrogens with zero attached hydrogens (tertiary/aromatic N) is 1. The predicted octanol–water partition coefficient (Wildman–Crippen LogP) is 4.90. The van der Waals surface area contributed by atoms with Gasteiger partial charge in [0.05, 0.1) is 0 Å².